The summed E-state index contributed by atoms with van der Waals surface area (Å²) in [5.41, 5.74) is 1.96. The molecular formula is C19H26N2O4. The predicted molar refractivity (Wildman–Crippen MR) is 96.9 cm³/mol. The van der Waals surface area contributed by atoms with Crippen LogP contribution in [0.4, 0.5) is 4.79 Å². The van der Waals surface area contributed by atoms with Crippen molar-refractivity contribution in [3.63, 3.8) is 0 Å². The fourth-order valence-corrected chi connectivity index (χ4v) is 2.63. The normalized spacial score (nSPS) is 11.4. The molecule has 6 heteroatoms. The summed E-state index contributed by atoms with van der Waals surface area (Å²) in [5, 5.41) is 3.72. The van der Waals surface area contributed by atoms with E-state index < -0.39 is 11.7 Å². The molecule has 136 valence electrons. The minimum atomic E-state index is -0.544. The van der Waals surface area contributed by atoms with Crippen LogP contribution >= 0.6 is 0 Å². The van der Waals surface area contributed by atoms with E-state index in [0.29, 0.717) is 25.4 Å². The third-order valence-corrected chi connectivity index (χ3v) is 3.65. The topological polar surface area (TPSA) is 69.6 Å². The van der Waals surface area contributed by atoms with E-state index in [2.05, 4.69) is 5.32 Å². The first-order valence-electron chi connectivity index (χ1n) is 8.45. The van der Waals surface area contributed by atoms with Crippen LogP contribution in [0.2, 0.25) is 0 Å². The van der Waals surface area contributed by atoms with Crippen molar-refractivity contribution >= 4 is 23.0 Å². The zero-order chi connectivity index (χ0) is 18.6. The van der Waals surface area contributed by atoms with Crippen LogP contribution in [0.1, 0.15) is 43.7 Å². The number of nitrogens with one attached hydrogen (secondary N) is 1. The van der Waals surface area contributed by atoms with Crippen molar-refractivity contribution in [2.24, 2.45) is 0 Å². The number of carbonyl (C=O) groups excluding carboxylic acids is 2. The van der Waals surface area contributed by atoms with Gasteiger partial charge in [-0.2, -0.15) is 0 Å². The van der Waals surface area contributed by atoms with Crippen LogP contribution < -0.4 is 5.32 Å². The Morgan fingerprint density at radius 3 is 2.60 bits per heavy atom. The number of aromatic nitrogens is 1. The van der Waals surface area contributed by atoms with Crippen molar-refractivity contribution < 1.29 is 19.1 Å². The number of nitrogens with zero attached hydrogens (tertiary/aromatic N) is 1. The summed E-state index contributed by atoms with van der Waals surface area (Å²) < 4.78 is 12.3. The van der Waals surface area contributed by atoms with Gasteiger partial charge in [-0.15, -0.1) is 0 Å². The van der Waals surface area contributed by atoms with Gasteiger partial charge >= 0.3 is 12.1 Å². The highest BCUT2D eigenvalue weighted by Gasteiger charge is 2.19. The van der Waals surface area contributed by atoms with Gasteiger partial charge in [0.2, 0.25) is 0 Å². The van der Waals surface area contributed by atoms with E-state index >= 15 is 0 Å². The number of ether oxygens (including phenoxy) is 2. The lowest BCUT2D eigenvalue weighted by Crippen LogP contribution is -2.34. The van der Waals surface area contributed by atoms with Crippen LogP contribution in [0.3, 0.4) is 0 Å². The molecule has 2 rings (SSSR count). The minimum Gasteiger partial charge on any atom is -0.461 e. The Bertz CT molecular complexity index is 772. The third-order valence-electron chi connectivity index (χ3n) is 3.65. The Labute approximate surface area is 148 Å². The molecule has 0 spiro atoms. The quantitative estimate of drug-likeness (QED) is 0.839. The largest absolute Gasteiger partial charge is 0.461 e. The minimum absolute atomic E-state index is 0.315. The molecule has 0 unspecified atom stereocenters. The number of aryl methyl sites for hydroxylation is 1. The second-order valence-corrected chi connectivity index (χ2v) is 6.84. The molecule has 0 saturated heterocycles. The van der Waals surface area contributed by atoms with E-state index in [1.807, 2.05) is 56.5 Å². The molecule has 1 amide bonds. The lowest BCUT2D eigenvalue weighted by molar-refractivity contribution is 0.0514. The molecule has 0 radical (unpaired) electrons. The SMILES string of the molecule is CCOC(=O)c1cc2c(C)cccc2n1CCNC(=O)OC(C)(C)C. The van der Waals surface area contributed by atoms with E-state index in [9.17, 15) is 9.59 Å². The first-order valence-corrected chi connectivity index (χ1v) is 8.45. The van der Waals surface area contributed by atoms with Gasteiger partial charge in [-0.1, -0.05) is 12.1 Å². The number of benzene rings is 1. The van der Waals surface area contributed by atoms with E-state index in [4.69, 9.17) is 9.47 Å². The number of amides is 1. The number of carbonyl (C=O) groups is 2. The van der Waals surface area contributed by atoms with Gasteiger partial charge in [0.05, 0.1) is 6.61 Å². The Morgan fingerprint density at radius 2 is 1.96 bits per heavy atom. The van der Waals surface area contributed by atoms with Crippen LogP contribution in [0, 0.1) is 6.92 Å². The molecule has 1 aromatic carbocycles. The molecule has 1 heterocycles. The van der Waals surface area contributed by atoms with Crippen molar-refractivity contribution in [2.75, 3.05) is 13.2 Å². The fourth-order valence-electron chi connectivity index (χ4n) is 2.63. The first-order chi connectivity index (χ1) is 11.7. The van der Waals surface area contributed by atoms with E-state index in [-0.39, 0.29) is 5.97 Å². The molecule has 0 fully saturated rings. The molecule has 0 saturated carbocycles. The molecular weight excluding hydrogens is 320 g/mol. The van der Waals surface area contributed by atoms with Gasteiger partial charge in [0, 0.05) is 24.0 Å². The molecule has 1 N–H and O–H groups in total. The molecule has 1 aromatic heterocycles. The number of hydrogen-bond acceptors (Lipinski definition) is 4. The lowest BCUT2D eigenvalue weighted by atomic mass is 10.1. The summed E-state index contributed by atoms with van der Waals surface area (Å²) in [5.74, 6) is -0.365. The van der Waals surface area contributed by atoms with Crippen LogP contribution in [0.15, 0.2) is 24.3 Å². The van der Waals surface area contributed by atoms with Gasteiger partial charge in [-0.05, 0) is 52.3 Å². The number of fused-ring (bicyclic) bond motifs is 1. The van der Waals surface area contributed by atoms with Crippen molar-refractivity contribution in [3.8, 4) is 0 Å². The lowest BCUT2D eigenvalue weighted by Gasteiger charge is -2.20. The average molecular weight is 346 g/mol. The zero-order valence-corrected chi connectivity index (χ0v) is 15.5. The second kappa shape index (κ2) is 7.59. The van der Waals surface area contributed by atoms with E-state index in [1.54, 1.807) is 6.92 Å². The maximum Gasteiger partial charge on any atom is 0.407 e. The van der Waals surface area contributed by atoms with E-state index in [0.717, 1.165) is 16.5 Å². The zero-order valence-electron chi connectivity index (χ0n) is 15.5. The monoisotopic (exact) mass is 346 g/mol. The smallest absolute Gasteiger partial charge is 0.407 e. The number of esters is 1. The van der Waals surface area contributed by atoms with E-state index in [1.165, 1.54) is 0 Å². The Morgan fingerprint density at radius 1 is 1.24 bits per heavy atom. The Balaban J connectivity index is 2.21. The van der Waals surface area contributed by atoms with Crippen LogP contribution in [-0.4, -0.2) is 35.4 Å². The van der Waals surface area contributed by atoms with Gasteiger partial charge in [0.15, 0.2) is 0 Å². The molecule has 0 bridgehead atoms. The standard InChI is InChI=1S/C19H26N2O4/c1-6-24-17(22)16-12-14-13(2)8-7-9-15(14)21(16)11-10-20-18(23)25-19(3,4)5/h7-9,12H,6,10-11H2,1-5H3,(H,20,23). The summed E-state index contributed by atoms with van der Waals surface area (Å²) in [6.45, 7) is 10.3. The van der Waals surface area contributed by atoms with Gasteiger partial charge < -0.3 is 19.4 Å². The highest BCUT2D eigenvalue weighted by molar-refractivity contribution is 5.96. The van der Waals surface area contributed by atoms with Gasteiger partial charge in [0.1, 0.15) is 11.3 Å². The maximum absolute atomic E-state index is 12.3. The summed E-state index contributed by atoms with van der Waals surface area (Å²) in [7, 11) is 0. The predicted octanol–water partition coefficient (Wildman–Crippen LogP) is 3.65. The summed E-state index contributed by atoms with van der Waals surface area (Å²) >= 11 is 0. The highest BCUT2D eigenvalue weighted by Crippen LogP contribution is 2.23. The average Bonchev–Trinajstić information content (AvgIpc) is 2.86. The van der Waals surface area contributed by atoms with Gasteiger partial charge in [-0.25, -0.2) is 9.59 Å². The Hall–Kier alpha value is -2.50. The van der Waals surface area contributed by atoms with Crippen LogP contribution in [0.5, 0.6) is 0 Å². The number of rotatable bonds is 5. The first kappa shape index (κ1) is 18.8. The number of hydrogen-bond donors (Lipinski definition) is 1. The van der Waals surface area contributed by atoms with Crippen LogP contribution in [-0.2, 0) is 16.0 Å². The third kappa shape index (κ3) is 4.75. The van der Waals surface area contributed by atoms with Crippen molar-refractivity contribution in [1.82, 2.24) is 9.88 Å². The molecule has 25 heavy (non-hydrogen) atoms. The van der Waals surface area contributed by atoms with Crippen LogP contribution in [0.25, 0.3) is 10.9 Å². The van der Waals surface area contributed by atoms with Crippen molar-refractivity contribution in [2.45, 2.75) is 46.8 Å². The van der Waals surface area contributed by atoms with Gasteiger partial charge in [-0.3, -0.25) is 0 Å². The molecule has 2 aromatic rings. The summed E-state index contributed by atoms with van der Waals surface area (Å²) in [6.07, 6.45) is -0.474. The number of alkyl carbamates (subject to hydrolysis) is 1. The molecule has 0 aliphatic rings. The van der Waals surface area contributed by atoms with Gasteiger partial charge in [0.25, 0.3) is 0 Å². The van der Waals surface area contributed by atoms with Crippen molar-refractivity contribution in [1.29, 1.82) is 0 Å². The molecule has 0 aliphatic carbocycles. The molecule has 0 aliphatic heterocycles. The van der Waals surface area contributed by atoms with Crippen molar-refractivity contribution in [3.05, 3.63) is 35.5 Å². The highest BCUT2D eigenvalue weighted by atomic mass is 16.6. The Kier molecular flexibility index (Phi) is 5.72. The fraction of sp³-hybridized carbons (Fsp3) is 0.474. The second-order valence-electron chi connectivity index (χ2n) is 6.84. The summed E-state index contributed by atoms with van der Waals surface area (Å²) in [6, 6.07) is 7.75. The molecule has 6 nitrogen and oxygen atoms in total. The summed E-state index contributed by atoms with van der Waals surface area (Å²) in [4.78, 5) is 24.1. The molecule has 0 atom stereocenters. The maximum atomic E-state index is 12.3.